The Labute approximate surface area is 175 Å². The van der Waals surface area contributed by atoms with E-state index in [0.717, 1.165) is 19.4 Å². The van der Waals surface area contributed by atoms with Gasteiger partial charge in [0, 0.05) is 12.2 Å². The van der Waals surface area contributed by atoms with Gasteiger partial charge in [0.15, 0.2) is 11.5 Å². The van der Waals surface area contributed by atoms with Crippen molar-refractivity contribution >= 4 is 11.8 Å². The van der Waals surface area contributed by atoms with Gasteiger partial charge in [-0.05, 0) is 50.1 Å². The first-order valence-electron chi connectivity index (χ1n) is 9.87. The second-order valence-corrected chi connectivity index (χ2v) is 6.65. The summed E-state index contributed by atoms with van der Waals surface area (Å²) in [5, 5.41) is 0. The number of rotatable bonds is 8. The highest BCUT2D eigenvalue weighted by atomic mass is 16.5. The molecular formula is C22H26N2O6. The van der Waals surface area contributed by atoms with Crippen molar-refractivity contribution in [3.05, 3.63) is 53.6 Å². The van der Waals surface area contributed by atoms with Crippen LogP contribution in [0.1, 0.15) is 40.5 Å². The van der Waals surface area contributed by atoms with E-state index in [0.29, 0.717) is 41.6 Å². The third-order valence-electron chi connectivity index (χ3n) is 4.60. The molecule has 1 heterocycles. The molecule has 0 aliphatic carbocycles. The number of hydrogen-bond acceptors (Lipinski definition) is 6. The summed E-state index contributed by atoms with van der Waals surface area (Å²) in [5.74, 6) is 0.440. The van der Waals surface area contributed by atoms with E-state index >= 15 is 0 Å². The number of hydrazine groups is 1. The Morgan fingerprint density at radius 2 is 1.83 bits per heavy atom. The lowest BCUT2D eigenvalue weighted by Gasteiger charge is -2.15. The van der Waals surface area contributed by atoms with Gasteiger partial charge in [-0.3, -0.25) is 20.4 Å². The SMILES string of the molecule is CCOc1ccc(C(=O)NNC(=O)c2ccccc2OC[C@@H]2CCCO2)cc1OC. The largest absolute Gasteiger partial charge is 0.493 e. The fourth-order valence-electron chi connectivity index (χ4n) is 3.08. The number of ether oxygens (including phenoxy) is 4. The fourth-order valence-corrected chi connectivity index (χ4v) is 3.08. The minimum atomic E-state index is -0.484. The summed E-state index contributed by atoms with van der Waals surface area (Å²) in [4.78, 5) is 25.0. The van der Waals surface area contributed by atoms with Gasteiger partial charge in [-0.15, -0.1) is 0 Å². The maximum atomic E-state index is 12.6. The van der Waals surface area contributed by atoms with E-state index in [1.165, 1.54) is 7.11 Å². The lowest BCUT2D eigenvalue weighted by Crippen LogP contribution is -2.41. The van der Waals surface area contributed by atoms with Crippen molar-refractivity contribution in [2.24, 2.45) is 0 Å². The van der Waals surface area contributed by atoms with Crippen molar-refractivity contribution in [1.29, 1.82) is 0 Å². The van der Waals surface area contributed by atoms with Crippen LogP contribution in [0.2, 0.25) is 0 Å². The summed E-state index contributed by atoms with van der Waals surface area (Å²) in [7, 11) is 1.49. The van der Waals surface area contributed by atoms with Crippen LogP contribution in [0.4, 0.5) is 0 Å². The molecule has 30 heavy (non-hydrogen) atoms. The van der Waals surface area contributed by atoms with Crippen molar-refractivity contribution in [2.75, 3.05) is 26.9 Å². The molecule has 8 heteroatoms. The smallest absolute Gasteiger partial charge is 0.273 e. The van der Waals surface area contributed by atoms with E-state index in [4.69, 9.17) is 18.9 Å². The maximum Gasteiger partial charge on any atom is 0.273 e. The number of carbonyl (C=O) groups is 2. The second kappa shape index (κ2) is 10.5. The number of methoxy groups -OCH3 is 1. The number of para-hydroxylation sites is 1. The van der Waals surface area contributed by atoms with Crippen molar-refractivity contribution in [2.45, 2.75) is 25.9 Å². The standard InChI is InChI=1S/C22H26N2O6/c1-3-28-19-11-10-15(13-20(19)27-2)21(25)23-24-22(26)17-8-4-5-9-18(17)30-14-16-7-6-12-29-16/h4-5,8-11,13,16H,3,6-7,12,14H2,1-2H3,(H,23,25)(H,24,26)/t16-/m0/s1. The predicted molar refractivity (Wildman–Crippen MR) is 110 cm³/mol. The van der Waals surface area contributed by atoms with Crippen molar-refractivity contribution in [3.63, 3.8) is 0 Å². The first-order chi connectivity index (χ1) is 14.6. The van der Waals surface area contributed by atoms with Gasteiger partial charge >= 0.3 is 0 Å². The topological polar surface area (TPSA) is 95.1 Å². The van der Waals surface area contributed by atoms with E-state index in [9.17, 15) is 9.59 Å². The Balaban J connectivity index is 1.60. The van der Waals surface area contributed by atoms with Crippen LogP contribution in [-0.4, -0.2) is 44.8 Å². The van der Waals surface area contributed by atoms with Gasteiger partial charge in [0.1, 0.15) is 12.4 Å². The molecule has 2 aromatic carbocycles. The summed E-state index contributed by atoms with van der Waals surface area (Å²) >= 11 is 0. The van der Waals surface area contributed by atoms with Crippen LogP contribution in [0.5, 0.6) is 17.2 Å². The fraction of sp³-hybridized carbons (Fsp3) is 0.364. The lowest BCUT2D eigenvalue weighted by molar-refractivity contribution is 0.0669. The zero-order valence-electron chi connectivity index (χ0n) is 17.1. The highest BCUT2D eigenvalue weighted by Crippen LogP contribution is 2.28. The molecule has 0 unspecified atom stereocenters. The Morgan fingerprint density at radius 1 is 1.03 bits per heavy atom. The summed E-state index contributed by atoms with van der Waals surface area (Å²) in [6.07, 6.45) is 1.99. The average Bonchev–Trinajstić information content (AvgIpc) is 3.30. The van der Waals surface area contributed by atoms with Crippen LogP contribution in [0, 0.1) is 0 Å². The molecule has 8 nitrogen and oxygen atoms in total. The minimum Gasteiger partial charge on any atom is -0.493 e. The van der Waals surface area contributed by atoms with Crippen LogP contribution in [0.25, 0.3) is 0 Å². The molecule has 1 atom stereocenters. The van der Waals surface area contributed by atoms with Gasteiger partial charge in [-0.2, -0.15) is 0 Å². The summed E-state index contributed by atoms with van der Waals surface area (Å²) in [6, 6.07) is 11.6. The van der Waals surface area contributed by atoms with Crippen LogP contribution in [0.3, 0.4) is 0 Å². The predicted octanol–water partition coefficient (Wildman–Crippen LogP) is 2.73. The van der Waals surface area contributed by atoms with Crippen LogP contribution >= 0.6 is 0 Å². The van der Waals surface area contributed by atoms with Gasteiger partial charge in [0.2, 0.25) is 0 Å². The van der Waals surface area contributed by atoms with E-state index in [2.05, 4.69) is 10.9 Å². The number of amides is 2. The van der Waals surface area contributed by atoms with Crippen LogP contribution in [0.15, 0.2) is 42.5 Å². The number of carbonyl (C=O) groups excluding carboxylic acids is 2. The Hall–Kier alpha value is -3.26. The molecule has 0 aromatic heterocycles. The lowest BCUT2D eigenvalue weighted by atomic mass is 10.2. The summed E-state index contributed by atoms with van der Waals surface area (Å²) < 4.78 is 22.0. The van der Waals surface area contributed by atoms with Gasteiger partial charge in [-0.1, -0.05) is 12.1 Å². The molecule has 3 rings (SSSR count). The van der Waals surface area contributed by atoms with Gasteiger partial charge in [0.25, 0.3) is 11.8 Å². The van der Waals surface area contributed by atoms with Gasteiger partial charge < -0.3 is 18.9 Å². The third kappa shape index (κ3) is 5.42. The minimum absolute atomic E-state index is 0.0375. The zero-order valence-corrected chi connectivity index (χ0v) is 17.1. The number of benzene rings is 2. The Bertz CT molecular complexity index is 880. The average molecular weight is 414 g/mol. The van der Waals surface area contributed by atoms with Crippen LogP contribution < -0.4 is 25.1 Å². The molecule has 2 amide bonds. The Morgan fingerprint density at radius 3 is 2.57 bits per heavy atom. The van der Waals surface area contributed by atoms with E-state index in [1.54, 1.807) is 42.5 Å². The summed E-state index contributed by atoms with van der Waals surface area (Å²) in [6.45, 7) is 3.45. The second-order valence-electron chi connectivity index (χ2n) is 6.65. The Kier molecular flexibility index (Phi) is 7.51. The van der Waals surface area contributed by atoms with Gasteiger partial charge in [0.05, 0.1) is 25.4 Å². The molecule has 0 spiro atoms. The van der Waals surface area contributed by atoms with E-state index < -0.39 is 11.8 Å². The highest BCUT2D eigenvalue weighted by Gasteiger charge is 2.19. The monoisotopic (exact) mass is 414 g/mol. The highest BCUT2D eigenvalue weighted by molar-refractivity contribution is 6.00. The van der Waals surface area contributed by atoms with Crippen molar-refractivity contribution in [1.82, 2.24) is 10.9 Å². The maximum absolute atomic E-state index is 12.6. The summed E-state index contributed by atoms with van der Waals surface area (Å²) in [5.41, 5.74) is 5.47. The third-order valence-corrected chi connectivity index (χ3v) is 4.60. The van der Waals surface area contributed by atoms with E-state index in [1.807, 2.05) is 6.92 Å². The molecule has 0 saturated carbocycles. The molecule has 0 radical (unpaired) electrons. The first-order valence-corrected chi connectivity index (χ1v) is 9.87. The molecular weight excluding hydrogens is 388 g/mol. The van der Waals surface area contributed by atoms with Crippen LogP contribution in [-0.2, 0) is 4.74 Å². The number of nitrogens with one attached hydrogen (secondary N) is 2. The van der Waals surface area contributed by atoms with Gasteiger partial charge in [-0.25, -0.2) is 0 Å². The quantitative estimate of drug-likeness (QED) is 0.645. The molecule has 2 aromatic rings. The molecule has 1 aliphatic rings. The molecule has 1 fully saturated rings. The molecule has 1 saturated heterocycles. The van der Waals surface area contributed by atoms with E-state index in [-0.39, 0.29) is 6.10 Å². The zero-order chi connectivity index (χ0) is 21.3. The molecule has 0 bridgehead atoms. The molecule has 1 aliphatic heterocycles. The van der Waals surface area contributed by atoms with Crippen molar-refractivity contribution < 1.29 is 28.5 Å². The van der Waals surface area contributed by atoms with Crippen molar-refractivity contribution in [3.8, 4) is 17.2 Å². The number of hydrogen-bond donors (Lipinski definition) is 2. The first kappa shape index (κ1) is 21.4. The normalized spacial score (nSPS) is 15.3. The molecule has 160 valence electrons. The molecule has 2 N–H and O–H groups in total.